The lowest BCUT2D eigenvalue weighted by Gasteiger charge is -2.08. The van der Waals surface area contributed by atoms with E-state index in [1.54, 1.807) is 11.8 Å². The molecule has 2 aromatic carbocycles. The molecule has 2 amide bonds. The van der Waals surface area contributed by atoms with E-state index in [1.807, 2.05) is 42.7 Å². The Morgan fingerprint density at radius 2 is 1.43 bits per heavy atom. The zero-order valence-corrected chi connectivity index (χ0v) is 14.1. The van der Waals surface area contributed by atoms with Crippen LogP contribution in [-0.4, -0.2) is 12.3 Å². The zero-order chi connectivity index (χ0) is 15.1. The number of halogens is 1. The maximum absolute atomic E-state index is 11.7. The molecule has 5 heteroatoms. The lowest BCUT2D eigenvalue weighted by Crippen LogP contribution is -2.34. The number of urea groups is 1. The molecule has 0 saturated heterocycles. The number of hydrogen-bond acceptors (Lipinski definition) is 2. The van der Waals surface area contributed by atoms with Crippen LogP contribution in [0, 0.1) is 0 Å². The molecule has 0 atom stereocenters. The van der Waals surface area contributed by atoms with Crippen molar-refractivity contribution in [1.82, 2.24) is 10.6 Å². The van der Waals surface area contributed by atoms with Crippen LogP contribution in [0.4, 0.5) is 4.79 Å². The Bertz CT molecular complexity index is 584. The first kappa shape index (κ1) is 15.9. The summed E-state index contributed by atoms with van der Waals surface area (Å²) >= 11 is 5.09. The Morgan fingerprint density at radius 1 is 0.952 bits per heavy atom. The molecule has 0 aliphatic carbocycles. The molecule has 0 bridgehead atoms. The molecule has 0 heterocycles. The molecule has 0 aromatic heterocycles. The summed E-state index contributed by atoms with van der Waals surface area (Å²) in [5.74, 6) is 0. The summed E-state index contributed by atoms with van der Waals surface area (Å²) in [5, 5.41) is 5.69. The molecule has 2 N–H and O–H groups in total. The summed E-state index contributed by atoms with van der Waals surface area (Å²) in [5.41, 5.74) is 2.16. The van der Waals surface area contributed by atoms with Gasteiger partial charge in [-0.3, -0.25) is 0 Å². The fourth-order valence-electron chi connectivity index (χ4n) is 1.77. The number of carbonyl (C=O) groups excluding carboxylic acids is 1. The predicted octanol–water partition coefficient (Wildman–Crippen LogP) is 4.17. The van der Waals surface area contributed by atoms with E-state index in [4.69, 9.17) is 0 Å². The number of nitrogens with one attached hydrogen (secondary N) is 2. The van der Waals surface area contributed by atoms with E-state index in [-0.39, 0.29) is 6.03 Å². The van der Waals surface area contributed by atoms with Crippen LogP contribution in [0.2, 0.25) is 0 Å². The third-order valence-electron chi connectivity index (χ3n) is 2.98. The van der Waals surface area contributed by atoms with Crippen molar-refractivity contribution in [1.29, 1.82) is 0 Å². The third kappa shape index (κ3) is 5.44. The first-order valence-electron chi connectivity index (χ1n) is 6.56. The third-order valence-corrected chi connectivity index (χ3v) is 4.25. The van der Waals surface area contributed by atoms with E-state index in [0.29, 0.717) is 13.1 Å². The molecule has 0 fully saturated rings. The standard InChI is InChI=1S/C16H17BrN2OS/c1-21-15-8-4-13(5-9-15)11-19-16(20)18-10-12-2-6-14(17)7-3-12/h2-9H,10-11H2,1H3,(H2,18,19,20). The minimum absolute atomic E-state index is 0.160. The van der Waals surface area contributed by atoms with E-state index >= 15 is 0 Å². The molecular weight excluding hydrogens is 348 g/mol. The molecule has 3 nitrogen and oxygen atoms in total. The Labute approximate surface area is 137 Å². The van der Waals surface area contributed by atoms with E-state index in [2.05, 4.69) is 38.7 Å². The van der Waals surface area contributed by atoms with Crippen molar-refractivity contribution in [3.63, 3.8) is 0 Å². The minimum Gasteiger partial charge on any atom is -0.334 e. The van der Waals surface area contributed by atoms with Gasteiger partial charge in [0.25, 0.3) is 0 Å². The van der Waals surface area contributed by atoms with Crippen LogP contribution < -0.4 is 10.6 Å². The maximum Gasteiger partial charge on any atom is 0.315 e. The molecular formula is C16H17BrN2OS. The van der Waals surface area contributed by atoms with E-state index in [1.165, 1.54) is 4.90 Å². The lowest BCUT2D eigenvalue weighted by molar-refractivity contribution is 0.240. The summed E-state index contributed by atoms with van der Waals surface area (Å²) in [7, 11) is 0. The topological polar surface area (TPSA) is 41.1 Å². The Hall–Kier alpha value is -1.46. The molecule has 0 aliphatic rings. The van der Waals surface area contributed by atoms with Gasteiger partial charge in [-0.15, -0.1) is 11.8 Å². The molecule has 0 saturated carbocycles. The second-order valence-electron chi connectivity index (χ2n) is 4.51. The summed E-state index contributed by atoms with van der Waals surface area (Å²) in [6.07, 6.45) is 2.04. The van der Waals surface area contributed by atoms with Gasteiger partial charge in [-0.25, -0.2) is 4.79 Å². The van der Waals surface area contributed by atoms with Crippen molar-refractivity contribution in [2.24, 2.45) is 0 Å². The van der Waals surface area contributed by atoms with Crippen molar-refractivity contribution in [3.8, 4) is 0 Å². The van der Waals surface area contributed by atoms with Gasteiger partial charge in [-0.1, -0.05) is 40.2 Å². The highest BCUT2D eigenvalue weighted by Gasteiger charge is 2.01. The predicted molar refractivity (Wildman–Crippen MR) is 91.4 cm³/mol. The van der Waals surface area contributed by atoms with E-state index in [0.717, 1.165) is 15.6 Å². The average molecular weight is 365 g/mol. The van der Waals surface area contributed by atoms with Crippen LogP contribution in [0.5, 0.6) is 0 Å². The van der Waals surface area contributed by atoms with E-state index in [9.17, 15) is 4.79 Å². The SMILES string of the molecule is CSc1ccc(CNC(=O)NCc2ccc(Br)cc2)cc1. The fraction of sp³-hybridized carbons (Fsp3) is 0.188. The van der Waals surface area contributed by atoms with Gasteiger partial charge >= 0.3 is 6.03 Å². The number of benzene rings is 2. The number of hydrogen-bond donors (Lipinski definition) is 2. The summed E-state index contributed by atoms with van der Waals surface area (Å²) < 4.78 is 1.03. The molecule has 0 spiro atoms. The van der Waals surface area contributed by atoms with Gasteiger partial charge in [-0.05, 0) is 41.6 Å². The highest BCUT2D eigenvalue weighted by molar-refractivity contribution is 9.10. The van der Waals surface area contributed by atoms with Gasteiger partial charge in [-0.2, -0.15) is 0 Å². The highest BCUT2D eigenvalue weighted by Crippen LogP contribution is 2.14. The zero-order valence-electron chi connectivity index (χ0n) is 11.7. The Kier molecular flexibility index (Phi) is 6.14. The second-order valence-corrected chi connectivity index (χ2v) is 6.31. The van der Waals surface area contributed by atoms with Crippen LogP contribution in [0.15, 0.2) is 57.9 Å². The fourth-order valence-corrected chi connectivity index (χ4v) is 2.45. The van der Waals surface area contributed by atoms with Gasteiger partial charge in [0.15, 0.2) is 0 Å². The summed E-state index contributed by atoms with van der Waals surface area (Å²) in [4.78, 5) is 13.0. The van der Waals surface area contributed by atoms with Crippen LogP contribution in [0.3, 0.4) is 0 Å². The van der Waals surface area contributed by atoms with Gasteiger partial charge in [0.2, 0.25) is 0 Å². The highest BCUT2D eigenvalue weighted by atomic mass is 79.9. The minimum atomic E-state index is -0.160. The van der Waals surface area contributed by atoms with Gasteiger partial charge in [0, 0.05) is 22.5 Å². The lowest BCUT2D eigenvalue weighted by atomic mass is 10.2. The van der Waals surface area contributed by atoms with Gasteiger partial charge < -0.3 is 10.6 Å². The molecule has 0 unspecified atom stereocenters. The van der Waals surface area contributed by atoms with E-state index < -0.39 is 0 Å². The molecule has 2 rings (SSSR count). The first-order chi connectivity index (χ1) is 10.2. The monoisotopic (exact) mass is 364 g/mol. The number of carbonyl (C=O) groups is 1. The van der Waals surface area contributed by atoms with Crippen LogP contribution in [-0.2, 0) is 13.1 Å². The maximum atomic E-state index is 11.7. The molecule has 110 valence electrons. The van der Waals surface area contributed by atoms with Crippen molar-refractivity contribution >= 4 is 33.7 Å². The van der Waals surface area contributed by atoms with Crippen LogP contribution >= 0.6 is 27.7 Å². The molecule has 2 aromatic rings. The van der Waals surface area contributed by atoms with Crippen molar-refractivity contribution in [3.05, 3.63) is 64.1 Å². The molecule has 0 aliphatic heterocycles. The van der Waals surface area contributed by atoms with Crippen molar-refractivity contribution < 1.29 is 4.79 Å². The van der Waals surface area contributed by atoms with Gasteiger partial charge in [0.05, 0.1) is 0 Å². The number of thioether (sulfide) groups is 1. The largest absolute Gasteiger partial charge is 0.334 e. The smallest absolute Gasteiger partial charge is 0.315 e. The van der Waals surface area contributed by atoms with Crippen molar-refractivity contribution in [2.45, 2.75) is 18.0 Å². The quantitative estimate of drug-likeness (QED) is 0.781. The normalized spacial score (nSPS) is 10.2. The molecule has 21 heavy (non-hydrogen) atoms. The molecule has 0 radical (unpaired) electrons. The summed E-state index contributed by atoms with van der Waals surface area (Å²) in [6.45, 7) is 1.05. The number of rotatable bonds is 5. The van der Waals surface area contributed by atoms with Crippen molar-refractivity contribution in [2.75, 3.05) is 6.26 Å². The first-order valence-corrected chi connectivity index (χ1v) is 8.58. The Balaban J connectivity index is 1.75. The van der Waals surface area contributed by atoms with Crippen LogP contribution in [0.25, 0.3) is 0 Å². The Morgan fingerprint density at radius 3 is 1.90 bits per heavy atom. The van der Waals surface area contributed by atoms with Crippen LogP contribution in [0.1, 0.15) is 11.1 Å². The second kappa shape index (κ2) is 8.10. The summed E-state index contributed by atoms with van der Waals surface area (Å²) in [6, 6.07) is 15.9. The number of amides is 2. The van der Waals surface area contributed by atoms with Gasteiger partial charge in [0.1, 0.15) is 0 Å². The average Bonchev–Trinajstić information content (AvgIpc) is 2.53.